The molecule has 4 aromatic rings. The van der Waals surface area contributed by atoms with Crippen LogP contribution < -0.4 is 15.8 Å². The maximum absolute atomic E-state index is 13.0. The van der Waals surface area contributed by atoms with Crippen molar-refractivity contribution in [1.29, 1.82) is 0 Å². The minimum absolute atomic E-state index is 0.250. The molecule has 0 saturated heterocycles. The van der Waals surface area contributed by atoms with Gasteiger partial charge in [-0.1, -0.05) is 26.0 Å². The number of ether oxygens (including phenoxy) is 1. The molecule has 0 aliphatic heterocycles. The molecule has 1 amide bonds. The molecule has 7 nitrogen and oxygen atoms in total. The highest BCUT2D eigenvalue weighted by atomic mass is 16.5. The minimum Gasteiger partial charge on any atom is -0.494 e. The van der Waals surface area contributed by atoms with Crippen LogP contribution in [0.25, 0.3) is 27.9 Å². The van der Waals surface area contributed by atoms with E-state index in [1.165, 1.54) is 0 Å². The van der Waals surface area contributed by atoms with E-state index >= 15 is 0 Å². The molecule has 0 spiro atoms. The van der Waals surface area contributed by atoms with E-state index in [9.17, 15) is 4.79 Å². The summed E-state index contributed by atoms with van der Waals surface area (Å²) in [5, 5.41) is 2.95. The topological polar surface area (TPSA) is 95.1 Å². The van der Waals surface area contributed by atoms with E-state index in [0.29, 0.717) is 47.1 Å². The van der Waals surface area contributed by atoms with Crippen LogP contribution in [0.4, 0.5) is 5.82 Å². The van der Waals surface area contributed by atoms with Gasteiger partial charge in [-0.05, 0) is 49.2 Å². The van der Waals surface area contributed by atoms with E-state index < -0.39 is 0 Å². The highest BCUT2D eigenvalue weighted by molar-refractivity contribution is 6.11. The third-order valence-corrected chi connectivity index (χ3v) is 4.80. The van der Waals surface area contributed by atoms with E-state index in [0.717, 1.165) is 17.0 Å². The molecule has 0 fully saturated rings. The molecule has 7 heteroatoms. The quantitative estimate of drug-likeness (QED) is 0.508. The van der Waals surface area contributed by atoms with Crippen molar-refractivity contribution in [2.24, 2.45) is 5.92 Å². The number of carbonyl (C=O) groups is 1. The number of rotatable bonds is 6. The fourth-order valence-electron chi connectivity index (χ4n) is 3.39. The second-order valence-corrected chi connectivity index (χ2v) is 7.51. The lowest BCUT2D eigenvalue weighted by atomic mass is 10.2. The zero-order chi connectivity index (χ0) is 21.3. The molecular weight excluding hydrogens is 378 g/mol. The standard InChI is InChI=1S/C23H25N5O2/c1-4-30-16-11-9-15(10-12-16)28-21(24)19(23(29)25-13-14(2)3)20-22(28)27-18-8-6-5-7-17(18)26-20/h5-12,14H,4,13,24H2,1-3H3,(H,25,29). The van der Waals surface area contributed by atoms with Crippen LogP contribution >= 0.6 is 0 Å². The number of anilines is 1. The Labute approximate surface area is 174 Å². The highest BCUT2D eigenvalue weighted by Gasteiger charge is 2.24. The summed E-state index contributed by atoms with van der Waals surface area (Å²) in [5.41, 5.74) is 10.1. The van der Waals surface area contributed by atoms with E-state index in [-0.39, 0.29) is 5.91 Å². The third-order valence-electron chi connectivity index (χ3n) is 4.80. The van der Waals surface area contributed by atoms with Gasteiger partial charge >= 0.3 is 0 Å². The molecule has 2 heterocycles. The fourth-order valence-corrected chi connectivity index (χ4v) is 3.39. The normalized spacial score (nSPS) is 11.3. The number of fused-ring (bicyclic) bond motifs is 2. The van der Waals surface area contributed by atoms with Gasteiger partial charge in [-0.2, -0.15) is 0 Å². The number of nitrogens with two attached hydrogens (primary N) is 1. The Bertz CT molecular complexity index is 1210. The first-order valence-electron chi connectivity index (χ1n) is 10.1. The van der Waals surface area contributed by atoms with Crippen LogP contribution in [0.15, 0.2) is 48.5 Å². The molecule has 0 aliphatic rings. The molecule has 0 bridgehead atoms. The van der Waals surface area contributed by atoms with Gasteiger partial charge in [0.2, 0.25) is 0 Å². The van der Waals surface area contributed by atoms with Gasteiger partial charge in [0.15, 0.2) is 5.65 Å². The average molecular weight is 403 g/mol. The molecular formula is C23H25N5O2. The number of nitrogens with one attached hydrogen (secondary N) is 1. The van der Waals surface area contributed by atoms with Gasteiger partial charge < -0.3 is 15.8 Å². The second-order valence-electron chi connectivity index (χ2n) is 7.51. The fraction of sp³-hybridized carbons (Fsp3) is 0.261. The largest absolute Gasteiger partial charge is 0.494 e. The lowest BCUT2D eigenvalue weighted by Crippen LogP contribution is -2.28. The van der Waals surface area contributed by atoms with Crippen LogP contribution in [0.5, 0.6) is 5.75 Å². The van der Waals surface area contributed by atoms with Crippen molar-refractivity contribution in [3.05, 3.63) is 54.1 Å². The molecule has 2 aromatic carbocycles. The van der Waals surface area contributed by atoms with Crippen LogP contribution in [0.3, 0.4) is 0 Å². The molecule has 0 saturated carbocycles. The maximum atomic E-state index is 13.0. The Morgan fingerprint density at radius 3 is 2.40 bits per heavy atom. The number of nitrogens with zero attached hydrogens (tertiary/aromatic N) is 3. The molecule has 4 rings (SSSR count). The Kier molecular flexibility index (Phi) is 5.27. The molecule has 30 heavy (non-hydrogen) atoms. The molecule has 154 valence electrons. The van der Waals surface area contributed by atoms with Crippen LogP contribution in [-0.4, -0.2) is 33.6 Å². The Morgan fingerprint density at radius 1 is 1.10 bits per heavy atom. The van der Waals surface area contributed by atoms with Gasteiger partial charge in [0, 0.05) is 12.2 Å². The molecule has 0 atom stereocenters. The number of para-hydroxylation sites is 2. The van der Waals surface area contributed by atoms with Gasteiger partial charge in [0.25, 0.3) is 5.91 Å². The zero-order valence-electron chi connectivity index (χ0n) is 17.3. The van der Waals surface area contributed by atoms with E-state index in [1.807, 2.05) is 69.3 Å². The predicted molar refractivity (Wildman–Crippen MR) is 119 cm³/mol. The summed E-state index contributed by atoms with van der Waals surface area (Å²) < 4.78 is 7.31. The monoisotopic (exact) mass is 403 g/mol. The lowest BCUT2D eigenvalue weighted by Gasteiger charge is -2.10. The first kappa shape index (κ1) is 19.7. The van der Waals surface area contributed by atoms with Gasteiger partial charge in [0.05, 0.1) is 17.6 Å². The maximum Gasteiger partial charge on any atom is 0.257 e. The summed E-state index contributed by atoms with van der Waals surface area (Å²) in [6, 6.07) is 15.1. The molecule has 0 aliphatic carbocycles. The number of aromatic nitrogens is 3. The molecule has 0 radical (unpaired) electrons. The van der Waals surface area contributed by atoms with Gasteiger partial charge in [-0.25, -0.2) is 9.97 Å². The Morgan fingerprint density at radius 2 is 1.77 bits per heavy atom. The van der Waals surface area contributed by atoms with Crippen LogP contribution in [0, 0.1) is 5.92 Å². The number of hydrogen-bond acceptors (Lipinski definition) is 5. The Hall–Kier alpha value is -3.61. The average Bonchev–Trinajstić information content (AvgIpc) is 3.02. The van der Waals surface area contributed by atoms with E-state index in [4.69, 9.17) is 20.4 Å². The van der Waals surface area contributed by atoms with Gasteiger partial charge in [-0.3, -0.25) is 9.36 Å². The summed E-state index contributed by atoms with van der Waals surface area (Å²) in [4.78, 5) is 22.5. The summed E-state index contributed by atoms with van der Waals surface area (Å²) >= 11 is 0. The van der Waals surface area contributed by atoms with E-state index in [2.05, 4.69) is 5.32 Å². The number of carbonyl (C=O) groups excluding carboxylic acids is 1. The van der Waals surface area contributed by atoms with Crippen molar-refractivity contribution in [3.8, 4) is 11.4 Å². The van der Waals surface area contributed by atoms with Crippen molar-refractivity contribution in [3.63, 3.8) is 0 Å². The van der Waals surface area contributed by atoms with Crippen LogP contribution in [0.1, 0.15) is 31.1 Å². The third kappa shape index (κ3) is 3.54. The number of benzene rings is 2. The zero-order valence-corrected chi connectivity index (χ0v) is 17.3. The van der Waals surface area contributed by atoms with Crippen molar-refractivity contribution in [2.75, 3.05) is 18.9 Å². The molecule has 3 N–H and O–H groups in total. The summed E-state index contributed by atoms with van der Waals surface area (Å²) in [6.07, 6.45) is 0. The second kappa shape index (κ2) is 8.02. The van der Waals surface area contributed by atoms with Gasteiger partial charge in [-0.15, -0.1) is 0 Å². The SMILES string of the molecule is CCOc1ccc(-n2c(N)c(C(=O)NCC(C)C)c3nc4ccccc4nc32)cc1. The molecule has 0 unspecified atom stereocenters. The number of nitrogen functional groups attached to an aromatic ring is 1. The van der Waals surface area contributed by atoms with Crippen molar-refractivity contribution in [2.45, 2.75) is 20.8 Å². The van der Waals surface area contributed by atoms with Crippen molar-refractivity contribution >= 4 is 33.9 Å². The van der Waals surface area contributed by atoms with Crippen molar-refractivity contribution in [1.82, 2.24) is 19.9 Å². The summed E-state index contributed by atoms with van der Waals surface area (Å²) in [6.45, 7) is 7.16. The molecule has 2 aromatic heterocycles. The highest BCUT2D eigenvalue weighted by Crippen LogP contribution is 2.31. The first-order valence-corrected chi connectivity index (χ1v) is 10.1. The predicted octanol–water partition coefficient (Wildman–Crippen LogP) is 3.94. The Balaban J connectivity index is 1.93. The lowest BCUT2D eigenvalue weighted by molar-refractivity contribution is 0.0951. The summed E-state index contributed by atoms with van der Waals surface area (Å²) in [7, 11) is 0. The van der Waals surface area contributed by atoms with E-state index in [1.54, 1.807) is 4.57 Å². The minimum atomic E-state index is -0.250. The smallest absolute Gasteiger partial charge is 0.257 e. The van der Waals surface area contributed by atoms with Crippen molar-refractivity contribution < 1.29 is 9.53 Å². The number of hydrogen-bond donors (Lipinski definition) is 2. The van der Waals surface area contributed by atoms with Crippen LogP contribution in [0.2, 0.25) is 0 Å². The van der Waals surface area contributed by atoms with Crippen LogP contribution in [-0.2, 0) is 0 Å². The first-order chi connectivity index (χ1) is 14.5. The summed E-state index contributed by atoms with van der Waals surface area (Å²) in [5.74, 6) is 1.15. The van der Waals surface area contributed by atoms with Gasteiger partial charge in [0.1, 0.15) is 22.6 Å². The number of amides is 1.